The van der Waals surface area contributed by atoms with Crippen LogP contribution in [0, 0.1) is 12.3 Å². The molecule has 0 spiro atoms. The van der Waals surface area contributed by atoms with Gasteiger partial charge in [0, 0.05) is 15.6 Å². The third-order valence-electron chi connectivity index (χ3n) is 3.69. The predicted molar refractivity (Wildman–Crippen MR) is 74.1 cm³/mol. The molecule has 1 amide bonds. The van der Waals surface area contributed by atoms with E-state index in [1.54, 1.807) is 0 Å². The van der Waals surface area contributed by atoms with Gasteiger partial charge in [0.05, 0.1) is 0 Å². The molecule has 0 heterocycles. The Bertz CT molecular complexity index is 436. The van der Waals surface area contributed by atoms with Crippen molar-refractivity contribution in [3.05, 3.63) is 28.2 Å². The van der Waals surface area contributed by atoms with E-state index in [0.717, 1.165) is 28.6 Å². The summed E-state index contributed by atoms with van der Waals surface area (Å²) in [6.45, 7) is 4.08. The molecular weight excluding hydrogens is 278 g/mol. The third-order valence-corrected chi connectivity index (χ3v) is 4.19. The SMILES string of the molecule is Cc1cc(Br)ccc1NC(=O)C1(C)CCCC1. The summed E-state index contributed by atoms with van der Waals surface area (Å²) in [7, 11) is 0. The zero-order valence-electron chi connectivity index (χ0n) is 10.3. The summed E-state index contributed by atoms with van der Waals surface area (Å²) >= 11 is 3.43. The zero-order valence-corrected chi connectivity index (χ0v) is 11.9. The van der Waals surface area contributed by atoms with Crippen molar-refractivity contribution in [3.8, 4) is 0 Å². The molecule has 0 unspecified atom stereocenters. The van der Waals surface area contributed by atoms with Gasteiger partial charge in [-0.3, -0.25) is 4.79 Å². The first-order valence-electron chi connectivity index (χ1n) is 6.09. The van der Waals surface area contributed by atoms with Crippen LogP contribution >= 0.6 is 15.9 Å². The maximum Gasteiger partial charge on any atom is 0.230 e. The van der Waals surface area contributed by atoms with Gasteiger partial charge >= 0.3 is 0 Å². The molecule has 17 heavy (non-hydrogen) atoms. The van der Waals surface area contributed by atoms with Crippen molar-refractivity contribution >= 4 is 27.5 Å². The number of benzene rings is 1. The van der Waals surface area contributed by atoms with E-state index in [0.29, 0.717) is 0 Å². The highest BCUT2D eigenvalue weighted by Gasteiger charge is 2.36. The molecule has 0 radical (unpaired) electrons. The van der Waals surface area contributed by atoms with Crippen molar-refractivity contribution in [1.82, 2.24) is 0 Å². The second-order valence-corrected chi connectivity index (χ2v) is 6.10. The Kier molecular flexibility index (Phi) is 3.57. The molecule has 1 saturated carbocycles. The summed E-state index contributed by atoms with van der Waals surface area (Å²) in [5.74, 6) is 0.167. The Morgan fingerprint density at radius 2 is 2.00 bits per heavy atom. The van der Waals surface area contributed by atoms with Gasteiger partial charge in [0.2, 0.25) is 5.91 Å². The normalized spacial score (nSPS) is 18.1. The lowest BCUT2D eigenvalue weighted by Crippen LogP contribution is -2.31. The van der Waals surface area contributed by atoms with Crippen molar-refractivity contribution in [2.24, 2.45) is 5.41 Å². The molecule has 1 aliphatic carbocycles. The van der Waals surface area contributed by atoms with Gasteiger partial charge in [-0.2, -0.15) is 0 Å². The van der Waals surface area contributed by atoms with Crippen LogP contribution in [0.25, 0.3) is 0 Å². The van der Waals surface area contributed by atoms with E-state index in [1.807, 2.05) is 25.1 Å². The lowest BCUT2D eigenvalue weighted by molar-refractivity contribution is -0.124. The maximum absolute atomic E-state index is 12.3. The molecular formula is C14H18BrNO. The topological polar surface area (TPSA) is 29.1 Å². The minimum absolute atomic E-state index is 0.167. The van der Waals surface area contributed by atoms with Gasteiger partial charge in [0.25, 0.3) is 0 Å². The van der Waals surface area contributed by atoms with Crippen LogP contribution in [0.5, 0.6) is 0 Å². The van der Waals surface area contributed by atoms with Crippen molar-refractivity contribution in [1.29, 1.82) is 0 Å². The Morgan fingerprint density at radius 1 is 1.35 bits per heavy atom. The number of anilines is 1. The van der Waals surface area contributed by atoms with E-state index in [4.69, 9.17) is 0 Å². The summed E-state index contributed by atoms with van der Waals surface area (Å²) in [6, 6.07) is 5.93. The fourth-order valence-electron chi connectivity index (χ4n) is 2.42. The van der Waals surface area contributed by atoms with Gasteiger partial charge in [-0.05, 0) is 43.5 Å². The van der Waals surface area contributed by atoms with E-state index < -0.39 is 0 Å². The minimum Gasteiger partial charge on any atom is -0.325 e. The van der Waals surface area contributed by atoms with Crippen LogP contribution in [0.1, 0.15) is 38.2 Å². The third kappa shape index (κ3) is 2.71. The Morgan fingerprint density at radius 3 is 2.59 bits per heavy atom. The zero-order chi connectivity index (χ0) is 12.5. The van der Waals surface area contributed by atoms with Crippen LogP contribution in [0.4, 0.5) is 5.69 Å². The largest absolute Gasteiger partial charge is 0.325 e. The highest BCUT2D eigenvalue weighted by Crippen LogP contribution is 2.38. The molecule has 1 aliphatic rings. The Balaban J connectivity index is 2.13. The molecule has 0 bridgehead atoms. The average Bonchev–Trinajstić information content (AvgIpc) is 2.71. The predicted octanol–water partition coefficient (Wildman–Crippen LogP) is 4.28. The molecule has 92 valence electrons. The molecule has 1 fully saturated rings. The van der Waals surface area contributed by atoms with Crippen LogP contribution in [0.3, 0.4) is 0 Å². The lowest BCUT2D eigenvalue weighted by atomic mass is 9.87. The standard InChI is InChI=1S/C14H18BrNO/c1-10-9-11(15)5-6-12(10)16-13(17)14(2)7-3-4-8-14/h5-6,9H,3-4,7-8H2,1-2H3,(H,16,17). The quantitative estimate of drug-likeness (QED) is 0.867. The molecule has 1 N–H and O–H groups in total. The summed E-state index contributed by atoms with van der Waals surface area (Å²) in [6.07, 6.45) is 4.36. The van der Waals surface area contributed by atoms with E-state index in [1.165, 1.54) is 12.8 Å². The highest BCUT2D eigenvalue weighted by atomic mass is 79.9. The van der Waals surface area contributed by atoms with Gasteiger partial charge in [-0.15, -0.1) is 0 Å². The number of hydrogen-bond acceptors (Lipinski definition) is 1. The lowest BCUT2D eigenvalue weighted by Gasteiger charge is -2.22. The fourth-order valence-corrected chi connectivity index (χ4v) is 2.90. The molecule has 1 aromatic rings. The number of nitrogens with one attached hydrogen (secondary N) is 1. The van der Waals surface area contributed by atoms with Gasteiger partial charge in [0.1, 0.15) is 0 Å². The van der Waals surface area contributed by atoms with Crippen molar-refractivity contribution in [2.45, 2.75) is 39.5 Å². The Labute approximate surface area is 111 Å². The monoisotopic (exact) mass is 295 g/mol. The molecule has 1 aromatic carbocycles. The second kappa shape index (κ2) is 4.81. The van der Waals surface area contributed by atoms with Crippen molar-refractivity contribution in [2.75, 3.05) is 5.32 Å². The number of amides is 1. The van der Waals surface area contributed by atoms with Gasteiger partial charge in [-0.25, -0.2) is 0 Å². The number of carbonyl (C=O) groups is 1. The van der Waals surface area contributed by atoms with Crippen LogP contribution in [0.15, 0.2) is 22.7 Å². The maximum atomic E-state index is 12.3. The molecule has 3 heteroatoms. The Hall–Kier alpha value is -0.830. The van der Waals surface area contributed by atoms with Gasteiger partial charge in [0.15, 0.2) is 0 Å². The summed E-state index contributed by atoms with van der Waals surface area (Å²) in [5, 5.41) is 3.06. The van der Waals surface area contributed by atoms with Gasteiger partial charge in [-0.1, -0.05) is 35.7 Å². The molecule has 0 atom stereocenters. The number of hydrogen-bond donors (Lipinski definition) is 1. The first-order valence-corrected chi connectivity index (χ1v) is 6.88. The fraction of sp³-hybridized carbons (Fsp3) is 0.500. The summed E-state index contributed by atoms with van der Waals surface area (Å²) < 4.78 is 1.04. The highest BCUT2D eigenvalue weighted by molar-refractivity contribution is 9.10. The molecule has 0 saturated heterocycles. The summed E-state index contributed by atoms with van der Waals surface area (Å²) in [4.78, 5) is 12.3. The number of aryl methyl sites for hydroxylation is 1. The number of halogens is 1. The van der Waals surface area contributed by atoms with E-state index in [9.17, 15) is 4.79 Å². The molecule has 2 nitrogen and oxygen atoms in total. The second-order valence-electron chi connectivity index (χ2n) is 5.18. The van der Waals surface area contributed by atoms with Crippen LogP contribution < -0.4 is 5.32 Å². The van der Waals surface area contributed by atoms with Crippen LogP contribution in [0.2, 0.25) is 0 Å². The van der Waals surface area contributed by atoms with E-state index in [-0.39, 0.29) is 11.3 Å². The van der Waals surface area contributed by atoms with Crippen molar-refractivity contribution in [3.63, 3.8) is 0 Å². The van der Waals surface area contributed by atoms with E-state index in [2.05, 4.69) is 28.2 Å². The first kappa shape index (κ1) is 12.6. The smallest absolute Gasteiger partial charge is 0.230 e. The minimum atomic E-state index is -0.167. The summed E-state index contributed by atoms with van der Waals surface area (Å²) in [5.41, 5.74) is 1.85. The molecule has 2 rings (SSSR count). The number of carbonyl (C=O) groups excluding carboxylic acids is 1. The van der Waals surface area contributed by atoms with Gasteiger partial charge < -0.3 is 5.32 Å². The molecule has 0 aromatic heterocycles. The molecule has 0 aliphatic heterocycles. The van der Waals surface area contributed by atoms with Crippen molar-refractivity contribution < 1.29 is 4.79 Å². The number of rotatable bonds is 2. The van der Waals surface area contributed by atoms with Crippen LogP contribution in [-0.2, 0) is 4.79 Å². The van der Waals surface area contributed by atoms with Crippen LogP contribution in [-0.4, -0.2) is 5.91 Å². The van der Waals surface area contributed by atoms with E-state index >= 15 is 0 Å². The first-order chi connectivity index (χ1) is 8.01. The average molecular weight is 296 g/mol.